The van der Waals surface area contributed by atoms with Gasteiger partial charge in [-0.15, -0.1) is 0 Å². The zero-order valence-corrected chi connectivity index (χ0v) is 10.1. The molecule has 80 valence electrons. The van der Waals surface area contributed by atoms with Crippen LogP contribution in [-0.4, -0.2) is 14.5 Å². The van der Waals surface area contributed by atoms with E-state index in [0.717, 1.165) is 22.6 Å². The fraction of sp³-hybridized carbons (Fsp3) is 0.0909. The summed E-state index contributed by atoms with van der Waals surface area (Å²) in [4.78, 5) is 8.59. The van der Waals surface area contributed by atoms with Crippen LogP contribution in [-0.2, 0) is 7.05 Å². The highest BCUT2D eigenvalue weighted by Crippen LogP contribution is 2.26. The molecule has 4 nitrogen and oxygen atoms in total. The Morgan fingerprint density at radius 2 is 2.19 bits per heavy atom. The van der Waals surface area contributed by atoms with Crippen molar-refractivity contribution in [1.29, 1.82) is 0 Å². The molecule has 0 aliphatic carbocycles. The topological polar surface area (TPSA) is 43.9 Å². The molecular formula is C11H8BrN3O. The summed E-state index contributed by atoms with van der Waals surface area (Å²) in [5, 5.41) is 0. The van der Waals surface area contributed by atoms with E-state index in [9.17, 15) is 0 Å². The Bertz CT molecular complexity index is 656. The molecule has 0 amide bonds. The lowest BCUT2D eigenvalue weighted by Crippen LogP contribution is -1.90. The van der Waals surface area contributed by atoms with Gasteiger partial charge in [-0.05, 0) is 34.1 Å². The van der Waals surface area contributed by atoms with Crippen LogP contribution in [0.4, 0.5) is 0 Å². The van der Waals surface area contributed by atoms with Crippen molar-refractivity contribution in [1.82, 2.24) is 14.5 Å². The fourth-order valence-corrected chi connectivity index (χ4v) is 2.00. The van der Waals surface area contributed by atoms with Gasteiger partial charge in [0.05, 0.1) is 17.2 Å². The second kappa shape index (κ2) is 3.45. The zero-order valence-electron chi connectivity index (χ0n) is 8.51. The minimum absolute atomic E-state index is 0.702. The average molecular weight is 278 g/mol. The lowest BCUT2D eigenvalue weighted by molar-refractivity contribution is 0.549. The molecule has 0 aromatic carbocycles. The SMILES string of the molecule is Cn1c(-c2ccc(Br)o2)nc2ccncc21. The Labute approximate surface area is 100 Å². The Morgan fingerprint density at radius 3 is 2.88 bits per heavy atom. The molecule has 3 aromatic rings. The summed E-state index contributed by atoms with van der Waals surface area (Å²) in [6.45, 7) is 0. The Balaban J connectivity index is 2.28. The molecule has 0 aliphatic heterocycles. The second-order valence-corrected chi connectivity index (χ2v) is 4.24. The monoisotopic (exact) mass is 277 g/mol. The number of hydrogen-bond acceptors (Lipinski definition) is 3. The number of imidazole rings is 1. The maximum Gasteiger partial charge on any atom is 0.177 e. The van der Waals surface area contributed by atoms with E-state index in [4.69, 9.17) is 4.42 Å². The molecule has 3 heterocycles. The van der Waals surface area contributed by atoms with Crippen molar-refractivity contribution >= 4 is 27.0 Å². The fourth-order valence-electron chi connectivity index (χ4n) is 1.69. The van der Waals surface area contributed by atoms with E-state index in [1.165, 1.54) is 0 Å². The number of aryl methyl sites for hydroxylation is 1. The van der Waals surface area contributed by atoms with Crippen LogP contribution in [0.15, 0.2) is 39.7 Å². The second-order valence-electron chi connectivity index (χ2n) is 3.46. The number of rotatable bonds is 1. The third kappa shape index (κ3) is 1.36. The minimum Gasteiger partial charge on any atom is -0.446 e. The van der Waals surface area contributed by atoms with Gasteiger partial charge in [-0.3, -0.25) is 4.98 Å². The first-order valence-corrected chi connectivity index (χ1v) is 5.57. The van der Waals surface area contributed by atoms with Gasteiger partial charge in [0, 0.05) is 13.2 Å². The van der Waals surface area contributed by atoms with E-state index in [-0.39, 0.29) is 0 Å². The van der Waals surface area contributed by atoms with E-state index >= 15 is 0 Å². The number of furan rings is 1. The predicted molar refractivity (Wildman–Crippen MR) is 63.9 cm³/mol. The number of halogens is 1. The van der Waals surface area contributed by atoms with Crippen LogP contribution in [0.3, 0.4) is 0 Å². The summed E-state index contributed by atoms with van der Waals surface area (Å²) >= 11 is 3.28. The number of fused-ring (bicyclic) bond motifs is 1. The minimum atomic E-state index is 0.702. The highest BCUT2D eigenvalue weighted by atomic mass is 79.9. The molecule has 16 heavy (non-hydrogen) atoms. The molecule has 0 atom stereocenters. The average Bonchev–Trinajstić information content (AvgIpc) is 2.84. The zero-order chi connectivity index (χ0) is 11.1. The molecule has 0 saturated heterocycles. The third-order valence-corrected chi connectivity index (χ3v) is 2.90. The Hall–Kier alpha value is -1.62. The first-order chi connectivity index (χ1) is 7.75. The van der Waals surface area contributed by atoms with Crippen LogP contribution in [0.1, 0.15) is 0 Å². The van der Waals surface area contributed by atoms with Gasteiger partial charge in [0.15, 0.2) is 16.3 Å². The summed E-state index contributed by atoms with van der Waals surface area (Å²) in [5.74, 6) is 1.54. The normalized spacial score (nSPS) is 11.1. The molecular weight excluding hydrogens is 270 g/mol. The van der Waals surface area contributed by atoms with Gasteiger partial charge in [0.25, 0.3) is 0 Å². The molecule has 0 bridgehead atoms. The standard InChI is InChI=1S/C11H8BrN3O/c1-15-8-6-13-5-4-7(8)14-11(15)9-2-3-10(12)16-9/h2-6H,1H3. The maximum atomic E-state index is 5.49. The molecule has 3 rings (SSSR count). The van der Waals surface area contributed by atoms with E-state index in [1.54, 1.807) is 12.4 Å². The molecule has 3 aromatic heterocycles. The summed E-state index contributed by atoms with van der Waals surface area (Å²) in [6, 6.07) is 5.63. The summed E-state index contributed by atoms with van der Waals surface area (Å²) in [7, 11) is 1.95. The predicted octanol–water partition coefficient (Wildman–Crippen LogP) is 2.99. The van der Waals surface area contributed by atoms with Crippen LogP contribution in [0, 0.1) is 0 Å². The first kappa shape index (κ1) is 9.59. The number of nitrogens with zero attached hydrogens (tertiary/aromatic N) is 3. The quantitative estimate of drug-likeness (QED) is 0.687. The van der Waals surface area contributed by atoms with Crippen molar-refractivity contribution in [3.63, 3.8) is 0 Å². The van der Waals surface area contributed by atoms with Gasteiger partial charge in [-0.25, -0.2) is 4.98 Å². The third-order valence-electron chi connectivity index (χ3n) is 2.48. The smallest absolute Gasteiger partial charge is 0.177 e. The van der Waals surface area contributed by atoms with Crippen LogP contribution in [0.25, 0.3) is 22.6 Å². The van der Waals surface area contributed by atoms with Gasteiger partial charge < -0.3 is 8.98 Å². The largest absolute Gasteiger partial charge is 0.446 e. The van der Waals surface area contributed by atoms with Crippen molar-refractivity contribution in [2.75, 3.05) is 0 Å². The van der Waals surface area contributed by atoms with Crippen LogP contribution in [0.5, 0.6) is 0 Å². The van der Waals surface area contributed by atoms with Crippen molar-refractivity contribution in [2.45, 2.75) is 0 Å². The molecule has 5 heteroatoms. The van der Waals surface area contributed by atoms with E-state index in [1.807, 2.05) is 29.8 Å². The molecule has 0 N–H and O–H groups in total. The van der Waals surface area contributed by atoms with Gasteiger partial charge in [0.1, 0.15) is 0 Å². The van der Waals surface area contributed by atoms with Crippen LogP contribution >= 0.6 is 15.9 Å². The Kier molecular flexibility index (Phi) is 2.07. The number of pyridine rings is 1. The first-order valence-electron chi connectivity index (χ1n) is 4.78. The number of hydrogen-bond donors (Lipinski definition) is 0. The van der Waals surface area contributed by atoms with Gasteiger partial charge in [-0.2, -0.15) is 0 Å². The lowest BCUT2D eigenvalue weighted by Gasteiger charge is -1.97. The molecule has 0 radical (unpaired) electrons. The van der Waals surface area contributed by atoms with Crippen molar-refractivity contribution < 1.29 is 4.42 Å². The molecule has 0 saturated carbocycles. The van der Waals surface area contributed by atoms with E-state index in [2.05, 4.69) is 25.9 Å². The van der Waals surface area contributed by atoms with Crippen LogP contribution in [0.2, 0.25) is 0 Å². The lowest BCUT2D eigenvalue weighted by atomic mass is 10.4. The van der Waals surface area contributed by atoms with Gasteiger partial charge >= 0.3 is 0 Å². The van der Waals surface area contributed by atoms with Crippen LogP contribution < -0.4 is 0 Å². The molecule has 0 spiro atoms. The van der Waals surface area contributed by atoms with E-state index < -0.39 is 0 Å². The maximum absolute atomic E-state index is 5.49. The van der Waals surface area contributed by atoms with E-state index in [0.29, 0.717) is 4.67 Å². The summed E-state index contributed by atoms with van der Waals surface area (Å²) in [5.41, 5.74) is 1.91. The summed E-state index contributed by atoms with van der Waals surface area (Å²) < 4.78 is 8.16. The van der Waals surface area contributed by atoms with Gasteiger partial charge in [-0.1, -0.05) is 0 Å². The Morgan fingerprint density at radius 1 is 1.31 bits per heavy atom. The molecule has 0 aliphatic rings. The molecule has 0 fully saturated rings. The van der Waals surface area contributed by atoms with Crippen molar-refractivity contribution in [3.8, 4) is 11.6 Å². The number of aromatic nitrogens is 3. The summed E-state index contributed by atoms with van der Waals surface area (Å²) in [6.07, 6.45) is 3.53. The molecule has 0 unspecified atom stereocenters. The highest BCUT2D eigenvalue weighted by molar-refractivity contribution is 9.10. The van der Waals surface area contributed by atoms with Crippen molar-refractivity contribution in [2.24, 2.45) is 7.05 Å². The van der Waals surface area contributed by atoms with Gasteiger partial charge in [0.2, 0.25) is 0 Å². The highest BCUT2D eigenvalue weighted by Gasteiger charge is 2.12. The van der Waals surface area contributed by atoms with Crippen molar-refractivity contribution in [3.05, 3.63) is 35.3 Å².